The predicted molar refractivity (Wildman–Crippen MR) is 60.4 cm³/mol. The lowest BCUT2D eigenvalue weighted by Crippen LogP contribution is -2.08. The monoisotopic (exact) mass is 225 g/mol. The largest absolute Gasteiger partial charge is 0.496 e. The van der Waals surface area contributed by atoms with Gasteiger partial charge in [0.15, 0.2) is 5.75 Å². The van der Waals surface area contributed by atoms with E-state index < -0.39 is 5.97 Å². The molecule has 0 saturated heterocycles. The van der Waals surface area contributed by atoms with E-state index in [1.165, 1.54) is 21.3 Å². The van der Waals surface area contributed by atoms with Gasteiger partial charge in [-0.05, 0) is 12.1 Å². The fourth-order valence-electron chi connectivity index (χ4n) is 1.44. The number of hydrogen-bond acceptors (Lipinski definition) is 5. The van der Waals surface area contributed by atoms with Gasteiger partial charge in [0.2, 0.25) is 0 Å². The summed E-state index contributed by atoms with van der Waals surface area (Å²) in [5, 5.41) is 2.93. The number of methoxy groups -OCH3 is 3. The van der Waals surface area contributed by atoms with Crippen molar-refractivity contribution < 1.29 is 19.0 Å². The van der Waals surface area contributed by atoms with Crippen molar-refractivity contribution in [3.8, 4) is 11.5 Å². The zero-order valence-electron chi connectivity index (χ0n) is 9.79. The van der Waals surface area contributed by atoms with E-state index in [0.717, 1.165) is 0 Å². The van der Waals surface area contributed by atoms with Gasteiger partial charge in [-0.25, -0.2) is 4.79 Å². The van der Waals surface area contributed by atoms with E-state index in [1.807, 2.05) is 0 Å². The van der Waals surface area contributed by atoms with Gasteiger partial charge in [-0.3, -0.25) is 0 Å². The third kappa shape index (κ3) is 2.03. The van der Waals surface area contributed by atoms with Gasteiger partial charge >= 0.3 is 5.97 Å². The fourth-order valence-corrected chi connectivity index (χ4v) is 1.44. The number of esters is 1. The molecule has 88 valence electrons. The molecule has 0 bridgehead atoms. The van der Waals surface area contributed by atoms with Gasteiger partial charge in [0.1, 0.15) is 11.3 Å². The maximum absolute atomic E-state index is 11.6. The first-order valence-electron chi connectivity index (χ1n) is 4.70. The highest BCUT2D eigenvalue weighted by Gasteiger charge is 2.21. The highest BCUT2D eigenvalue weighted by atomic mass is 16.5. The Hall–Kier alpha value is -1.91. The van der Waals surface area contributed by atoms with Gasteiger partial charge in [0, 0.05) is 7.05 Å². The zero-order valence-corrected chi connectivity index (χ0v) is 9.79. The number of carbonyl (C=O) groups excluding carboxylic acids is 1. The molecule has 0 fully saturated rings. The molecule has 0 aromatic heterocycles. The number of carbonyl (C=O) groups is 1. The summed E-state index contributed by atoms with van der Waals surface area (Å²) in [6, 6.07) is 3.45. The van der Waals surface area contributed by atoms with Gasteiger partial charge in [0.05, 0.1) is 27.0 Å². The lowest BCUT2D eigenvalue weighted by Gasteiger charge is -2.14. The molecular weight excluding hydrogens is 210 g/mol. The van der Waals surface area contributed by atoms with Crippen LogP contribution in [-0.2, 0) is 4.74 Å². The lowest BCUT2D eigenvalue weighted by atomic mass is 10.1. The van der Waals surface area contributed by atoms with Crippen molar-refractivity contribution in [1.29, 1.82) is 0 Å². The second kappa shape index (κ2) is 5.25. The average molecular weight is 225 g/mol. The number of rotatable bonds is 4. The number of benzene rings is 1. The Bertz CT molecular complexity index is 390. The van der Waals surface area contributed by atoms with E-state index in [-0.39, 0.29) is 5.56 Å². The minimum atomic E-state index is -0.495. The van der Waals surface area contributed by atoms with Gasteiger partial charge < -0.3 is 19.5 Å². The second-order valence-corrected chi connectivity index (χ2v) is 2.97. The molecule has 0 aliphatic carbocycles. The van der Waals surface area contributed by atoms with E-state index in [1.54, 1.807) is 19.2 Å². The summed E-state index contributed by atoms with van der Waals surface area (Å²) in [5.74, 6) is 0.335. The normalized spacial score (nSPS) is 9.50. The van der Waals surface area contributed by atoms with Crippen molar-refractivity contribution in [2.75, 3.05) is 33.7 Å². The summed E-state index contributed by atoms with van der Waals surface area (Å²) in [5.41, 5.74) is 0.975. The lowest BCUT2D eigenvalue weighted by molar-refractivity contribution is 0.0593. The smallest absolute Gasteiger partial charge is 0.345 e. The molecule has 0 radical (unpaired) electrons. The standard InChI is InChI=1S/C11H15NO4/c1-12-7-5-6-8(14-2)9(10(7)15-3)11(13)16-4/h5-6,12H,1-4H3. The molecule has 0 saturated carbocycles. The van der Waals surface area contributed by atoms with Crippen molar-refractivity contribution in [2.45, 2.75) is 0 Å². The van der Waals surface area contributed by atoms with Crippen LogP contribution in [0.3, 0.4) is 0 Å². The van der Waals surface area contributed by atoms with Gasteiger partial charge in [-0.15, -0.1) is 0 Å². The third-order valence-electron chi connectivity index (χ3n) is 2.20. The van der Waals surface area contributed by atoms with Crippen LogP contribution < -0.4 is 14.8 Å². The summed E-state index contributed by atoms with van der Waals surface area (Å²) in [7, 11) is 6.03. The minimum absolute atomic E-state index is 0.277. The van der Waals surface area contributed by atoms with Crippen molar-refractivity contribution in [1.82, 2.24) is 0 Å². The molecule has 0 amide bonds. The molecule has 0 unspecified atom stereocenters. The number of nitrogens with one attached hydrogen (secondary N) is 1. The topological polar surface area (TPSA) is 56.8 Å². The van der Waals surface area contributed by atoms with Crippen molar-refractivity contribution in [3.63, 3.8) is 0 Å². The molecule has 0 aliphatic heterocycles. The third-order valence-corrected chi connectivity index (χ3v) is 2.20. The summed E-state index contributed by atoms with van der Waals surface area (Å²) in [6.07, 6.45) is 0. The molecule has 1 aromatic rings. The minimum Gasteiger partial charge on any atom is -0.496 e. The highest BCUT2D eigenvalue weighted by molar-refractivity contribution is 5.98. The molecule has 0 atom stereocenters. The first-order valence-corrected chi connectivity index (χ1v) is 4.70. The first-order chi connectivity index (χ1) is 7.69. The van der Waals surface area contributed by atoms with Gasteiger partial charge in [-0.1, -0.05) is 0 Å². The van der Waals surface area contributed by atoms with Crippen LogP contribution in [0.4, 0.5) is 5.69 Å². The Balaban J connectivity index is 3.42. The number of anilines is 1. The number of hydrogen-bond donors (Lipinski definition) is 1. The molecule has 16 heavy (non-hydrogen) atoms. The van der Waals surface area contributed by atoms with Crippen LogP contribution in [0.5, 0.6) is 11.5 Å². The summed E-state index contributed by atoms with van der Waals surface area (Å²) < 4.78 is 15.0. The van der Waals surface area contributed by atoms with E-state index in [9.17, 15) is 4.79 Å². The molecule has 0 heterocycles. The maximum atomic E-state index is 11.6. The summed E-state index contributed by atoms with van der Waals surface area (Å²) in [4.78, 5) is 11.6. The Morgan fingerprint density at radius 2 is 1.88 bits per heavy atom. The Kier molecular flexibility index (Phi) is 3.99. The molecule has 1 rings (SSSR count). The summed E-state index contributed by atoms with van der Waals surface area (Å²) >= 11 is 0. The van der Waals surface area contributed by atoms with Crippen LogP contribution in [0, 0.1) is 0 Å². The zero-order chi connectivity index (χ0) is 12.1. The van der Waals surface area contributed by atoms with Gasteiger partial charge in [-0.2, -0.15) is 0 Å². The molecule has 0 aliphatic rings. The van der Waals surface area contributed by atoms with Crippen LogP contribution in [0.25, 0.3) is 0 Å². The van der Waals surface area contributed by atoms with Crippen molar-refractivity contribution in [3.05, 3.63) is 17.7 Å². The first kappa shape index (κ1) is 12.2. The maximum Gasteiger partial charge on any atom is 0.345 e. The molecule has 1 aromatic carbocycles. The Morgan fingerprint density at radius 1 is 1.19 bits per heavy atom. The fraction of sp³-hybridized carbons (Fsp3) is 0.364. The van der Waals surface area contributed by atoms with E-state index in [2.05, 4.69) is 5.32 Å². The van der Waals surface area contributed by atoms with Crippen LogP contribution in [-0.4, -0.2) is 34.3 Å². The predicted octanol–water partition coefficient (Wildman–Crippen LogP) is 1.53. The highest BCUT2D eigenvalue weighted by Crippen LogP contribution is 2.35. The Morgan fingerprint density at radius 3 is 2.31 bits per heavy atom. The van der Waals surface area contributed by atoms with Crippen LogP contribution in [0.1, 0.15) is 10.4 Å². The molecule has 5 nitrogen and oxygen atoms in total. The van der Waals surface area contributed by atoms with E-state index in [0.29, 0.717) is 17.2 Å². The molecular formula is C11H15NO4. The van der Waals surface area contributed by atoms with E-state index >= 15 is 0 Å². The van der Waals surface area contributed by atoms with Crippen LogP contribution in [0.15, 0.2) is 12.1 Å². The van der Waals surface area contributed by atoms with Gasteiger partial charge in [0.25, 0.3) is 0 Å². The quantitative estimate of drug-likeness (QED) is 0.787. The van der Waals surface area contributed by atoms with Crippen molar-refractivity contribution in [2.24, 2.45) is 0 Å². The number of ether oxygens (including phenoxy) is 3. The second-order valence-electron chi connectivity index (χ2n) is 2.97. The molecule has 5 heteroatoms. The van der Waals surface area contributed by atoms with Crippen LogP contribution >= 0.6 is 0 Å². The van der Waals surface area contributed by atoms with Crippen molar-refractivity contribution >= 4 is 11.7 Å². The molecule has 1 N–H and O–H groups in total. The van der Waals surface area contributed by atoms with Crippen LogP contribution in [0.2, 0.25) is 0 Å². The summed E-state index contributed by atoms with van der Waals surface area (Å²) in [6.45, 7) is 0. The Labute approximate surface area is 94.3 Å². The average Bonchev–Trinajstić information content (AvgIpc) is 2.35. The van der Waals surface area contributed by atoms with E-state index in [4.69, 9.17) is 14.2 Å². The SMILES string of the molecule is CNc1ccc(OC)c(C(=O)OC)c1OC. The molecule has 0 spiro atoms.